The molecule has 4 nitrogen and oxygen atoms in total. The Labute approximate surface area is 133 Å². The van der Waals surface area contributed by atoms with Gasteiger partial charge in [-0.05, 0) is 62.5 Å². The molecule has 0 saturated heterocycles. The molecule has 0 aromatic rings. The zero-order valence-corrected chi connectivity index (χ0v) is 13.9. The van der Waals surface area contributed by atoms with Gasteiger partial charge in [0.05, 0.1) is 18.6 Å². The van der Waals surface area contributed by atoms with Gasteiger partial charge in [-0.15, -0.1) is 0 Å². The monoisotopic (exact) mass is 307 g/mol. The van der Waals surface area contributed by atoms with E-state index in [0.29, 0.717) is 12.3 Å². The number of hydrogen-bond acceptors (Lipinski definition) is 4. The molecule has 0 aromatic heterocycles. The number of aliphatic hydroxyl groups excluding tert-OH is 1. The van der Waals surface area contributed by atoms with Gasteiger partial charge in [0, 0.05) is 11.6 Å². The number of unbranched alkanes of at least 4 members (excludes halogenated alkanes) is 1. The van der Waals surface area contributed by atoms with Crippen LogP contribution in [0.4, 0.5) is 0 Å². The number of carbonyl (C=O) groups is 1. The van der Waals surface area contributed by atoms with Crippen molar-refractivity contribution in [3.05, 3.63) is 11.1 Å². The standard InChI is InChI=1S/C18H29NO3/c1-3-12(2)18(21)22-11-7-6-10-15-16(19)13-8-4-5-9-14(13)17(15)20/h12,15,17,19-20H,3-11H2,1-2H3/t12?,15-,17?/m1/s1. The van der Waals surface area contributed by atoms with E-state index >= 15 is 0 Å². The summed E-state index contributed by atoms with van der Waals surface area (Å²) in [7, 11) is 0. The summed E-state index contributed by atoms with van der Waals surface area (Å²) in [4.78, 5) is 11.6. The minimum absolute atomic E-state index is 0.0271. The summed E-state index contributed by atoms with van der Waals surface area (Å²) in [6.07, 6.45) is 7.09. The highest BCUT2D eigenvalue weighted by atomic mass is 16.5. The van der Waals surface area contributed by atoms with Gasteiger partial charge in [0.1, 0.15) is 0 Å². The largest absolute Gasteiger partial charge is 0.465 e. The van der Waals surface area contributed by atoms with Crippen molar-refractivity contribution in [2.24, 2.45) is 11.8 Å². The Morgan fingerprint density at radius 3 is 2.77 bits per heavy atom. The predicted octanol–water partition coefficient (Wildman–Crippen LogP) is 3.63. The van der Waals surface area contributed by atoms with Crippen molar-refractivity contribution in [1.82, 2.24) is 0 Å². The first-order chi connectivity index (χ1) is 10.6. The van der Waals surface area contributed by atoms with Crippen LogP contribution in [0.3, 0.4) is 0 Å². The van der Waals surface area contributed by atoms with Gasteiger partial charge in [-0.3, -0.25) is 4.79 Å². The van der Waals surface area contributed by atoms with Crippen molar-refractivity contribution < 1.29 is 14.6 Å². The predicted molar refractivity (Wildman–Crippen MR) is 87.0 cm³/mol. The molecule has 0 aromatic carbocycles. The Morgan fingerprint density at radius 2 is 2.09 bits per heavy atom. The number of esters is 1. The lowest BCUT2D eigenvalue weighted by molar-refractivity contribution is -0.148. The number of rotatable bonds is 7. The topological polar surface area (TPSA) is 70.4 Å². The van der Waals surface area contributed by atoms with Crippen LogP contribution in [-0.2, 0) is 9.53 Å². The van der Waals surface area contributed by atoms with Gasteiger partial charge in [0.25, 0.3) is 0 Å². The lowest BCUT2D eigenvalue weighted by atomic mass is 9.93. The molecule has 0 radical (unpaired) electrons. The Morgan fingerprint density at radius 1 is 1.36 bits per heavy atom. The molecule has 0 saturated carbocycles. The fourth-order valence-electron chi connectivity index (χ4n) is 3.44. The van der Waals surface area contributed by atoms with Gasteiger partial charge in [0.15, 0.2) is 0 Å². The minimum atomic E-state index is -0.439. The van der Waals surface area contributed by atoms with Crippen LogP contribution >= 0.6 is 0 Å². The lowest BCUT2D eigenvalue weighted by Gasteiger charge is -2.18. The molecule has 2 rings (SSSR count). The molecule has 0 bridgehead atoms. The second kappa shape index (κ2) is 7.91. The Bertz CT molecular complexity index is 455. The highest BCUT2D eigenvalue weighted by Crippen LogP contribution is 2.40. The lowest BCUT2D eigenvalue weighted by Crippen LogP contribution is -2.22. The number of nitrogens with one attached hydrogen (secondary N) is 1. The molecule has 4 heteroatoms. The first-order valence-electron chi connectivity index (χ1n) is 8.71. The summed E-state index contributed by atoms with van der Waals surface area (Å²) in [6.45, 7) is 4.31. The third-order valence-corrected chi connectivity index (χ3v) is 5.11. The molecule has 0 spiro atoms. The highest BCUT2D eigenvalue weighted by Gasteiger charge is 2.37. The second-order valence-electron chi connectivity index (χ2n) is 6.65. The number of hydrogen-bond donors (Lipinski definition) is 2. The third-order valence-electron chi connectivity index (χ3n) is 5.11. The Hall–Kier alpha value is -1.16. The van der Waals surface area contributed by atoms with E-state index in [-0.39, 0.29) is 17.8 Å². The van der Waals surface area contributed by atoms with Crippen molar-refractivity contribution in [1.29, 1.82) is 5.41 Å². The van der Waals surface area contributed by atoms with Gasteiger partial charge in [-0.1, -0.05) is 13.8 Å². The van der Waals surface area contributed by atoms with Crippen LogP contribution in [0.5, 0.6) is 0 Å². The minimum Gasteiger partial charge on any atom is -0.465 e. The molecule has 0 amide bonds. The van der Waals surface area contributed by atoms with Crippen LogP contribution in [0.25, 0.3) is 0 Å². The number of aliphatic hydroxyl groups is 1. The maximum atomic E-state index is 11.6. The number of allylic oxidation sites excluding steroid dienone is 1. The molecule has 124 valence electrons. The van der Waals surface area contributed by atoms with Crippen LogP contribution < -0.4 is 0 Å². The van der Waals surface area contributed by atoms with E-state index < -0.39 is 6.10 Å². The Balaban J connectivity index is 1.70. The third kappa shape index (κ3) is 3.78. The molecular formula is C18H29NO3. The van der Waals surface area contributed by atoms with Crippen molar-refractivity contribution in [3.63, 3.8) is 0 Å². The smallest absolute Gasteiger partial charge is 0.308 e. The zero-order chi connectivity index (χ0) is 16.1. The van der Waals surface area contributed by atoms with Crippen LogP contribution in [0.15, 0.2) is 11.1 Å². The van der Waals surface area contributed by atoms with E-state index in [2.05, 4.69) is 0 Å². The van der Waals surface area contributed by atoms with Crippen LogP contribution in [0, 0.1) is 17.2 Å². The van der Waals surface area contributed by atoms with Gasteiger partial charge in [-0.2, -0.15) is 0 Å². The number of ether oxygens (including phenoxy) is 1. The highest BCUT2D eigenvalue weighted by molar-refractivity contribution is 6.03. The summed E-state index contributed by atoms with van der Waals surface area (Å²) >= 11 is 0. The molecule has 0 heterocycles. The SMILES string of the molecule is CCC(C)C(=O)OCCCC[C@@H]1C(=N)C2=C(CCCC2)C1O. The quantitative estimate of drug-likeness (QED) is 0.557. The number of carbonyl (C=O) groups excluding carboxylic acids is 1. The molecule has 22 heavy (non-hydrogen) atoms. The normalized spacial score (nSPS) is 26.0. The molecular weight excluding hydrogens is 278 g/mol. The summed E-state index contributed by atoms with van der Waals surface area (Å²) < 4.78 is 5.24. The van der Waals surface area contributed by atoms with E-state index in [4.69, 9.17) is 10.1 Å². The van der Waals surface area contributed by atoms with Crippen molar-refractivity contribution in [2.75, 3.05) is 6.61 Å². The molecule has 0 fully saturated rings. The summed E-state index contributed by atoms with van der Waals surface area (Å²) in [5.74, 6) is -0.178. The van der Waals surface area contributed by atoms with E-state index in [1.807, 2.05) is 13.8 Å². The first-order valence-corrected chi connectivity index (χ1v) is 8.71. The molecule has 2 N–H and O–H groups in total. The van der Waals surface area contributed by atoms with E-state index in [0.717, 1.165) is 62.5 Å². The molecule has 2 aliphatic carbocycles. The molecule has 2 unspecified atom stereocenters. The summed E-state index contributed by atoms with van der Waals surface area (Å²) in [5, 5.41) is 18.7. The van der Waals surface area contributed by atoms with Crippen LogP contribution in [0.1, 0.15) is 65.2 Å². The summed E-state index contributed by atoms with van der Waals surface area (Å²) in [6, 6.07) is 0. The van der Waals surface area contributed by atoms with Crippen molar-refractivity contribution in [3.8, 4) is 0 Å². The fourth-order valence-corrected chi connectivity index (χ4v) is 3.44. The first kappa shape index (κ1) is 17.2. The van der Waals surface area contributed by atoms with Crippen LogP contribution in [-0.4, -0.2) is 29.5 Å². The fraction of sp³-hybridized carbons (Fsp3) is 0.778. The van der Waals surface area contributed by atoms with Gasteiger partial charge >= 0.3 is 5.97 Å². The zero-order valence-electron chi connectivity index (χ0n) is 13.9. The van der Waals surface area contributed by atoms with E-state index in [1.165, 1.54) is 0 Å². The second-order valence-corrected chi connectivity index (χ2v) is 6.65. The maximum absolute atomic E-state index is 11.6. The summed E-state index contributed by atoms with van der Waals surface area (Å²) in [5.41, 5.74) is 2.93. The van der Waals surface area contributed by atoms with Gasteiger partial charge < -0.3 is 15.3 Å². The average molecular weight is 307 g/mol. The average Bonchev–Trinajstić information content (AvgIpc) is 2.78. The molecule has 2 aliphatic rings. The van der Waals surface area contributed by atoms with Gasteiger partial charge in [-0.25, -0.2) is 0 Å². The van der Waals surface area contributed by atoms with E-state index in [9.17, 15) is 9.90 Å². The Kier molecular flexibility index (Phi) is 6.18. The van der Waals surface area contributed by atoms with Crippen LogP contribution in [0.2, 0.25) is 0 Å². The maximum Gasteiger partial charge on any atom is 0.308 e. The van der Waals surface area contributed by atoms with Crippen molar-refractivity contribution in [2.45, 2.75) is 71.3 Å². The molecule has 0 aliphatic heterocycles. The van der Waals surface area contributed by atoms with Crippen molar-refractivity contribution >= 4 is 11.7 Å². The van der Waals surface area contributed by atoms with E-state index in [1.54, 1.807) is 0 Å². The van der Waals surface area contributed by atoms with Gasteiger partial charge in [0.2, 0.25) is 0 Å². The molecule has 3 atom stereocenters.